The zero-order chi connectivity index (χ0) is 36.5. The molecule has 1 amide bonds. The summed E-state index contributed by atoms with van der Waals surface area (Å²) in [5.74, 6) is 0.833. The molecule has 5 rings (SSSR count). The summed E-state index contributed by atoms with van der Waals surface area (Å²) in [5, 5.41) is 10.3. The maximum Gasteiger partial charge on any atom is 0.430 e. The number of ether oxygens (including phenoxy) is 3. The number of benzene rings is 3. The minimum atomic E-state index is -6.02. The van der Waals surface area contributed by atoms with Crippen LogP contribution in [0.3, 0.4) is 0 Å². The van der Waals surface area contributed by atoms with Crippen molar-refractivity contribution in [3.05, 3.63) is 94.5 Å². The summed E-state index contributed by atoms with van der Waals surface area (Å²) in [4.78, 5) is 15.8. The van der Waals surface area contributed by atoms with Crippen LogP contribution in [0.5, 0.6) is 11.5 Å². The Kier molecular flexibility index (Phi) is 10.8. The molecule has 4 unspecified atom stereocenters. The van der Waals surface area contributed by atoms with E-state index in [-0.39, 0.29) is 60.5 Å². The molecule has 3 aromatic carbocycles. The van der Waals surface area contributed by atoms with Crippen molar-refractivity contribution >= 4 is 5.91 Å². The van der Waals surface area contributed by atoms with Crippen molar-refractivity contribution in [2.24, 2.45) is 5.92 Å². The standard InChI is InChI=1S/C38H43F6NO5/c1-5-12-25-22-28(36(47,37(39,40)41)38(42,43)44)23-26(21-24-13-8-7-9-14-24)31(25)49-20-11-10-19-45-33-32(50-33)30(6-2)35(3,34(45)46)27-15-17-29(48-4)18-16-27/h7-9,13-18,22-23,30,32-33,47H,5-6,10-12,19-21H2,1-4H3. The van der Waals surface area contributed by atoms with Crippen LogP contribution in [0.15, 0.2) is 66.7 Å². The summed E-state index contributed by atoms with van der Waals surface area (Å²) in [6, 6.07) is 17.6. The summed E-state index contributed by atoms with van der Waals surface area (Å²) in [6.07, 6.45) is -10.2. The first-order chi connectivity index (χ1) is 23.6. The van der Waals surface area contributed by atoms with Crippen molar-refractivity contribution in [1.29, 1.82) is 0 Å². The predicted octanol–water partition coefficient (Wildman–Crippen LogP) is 8.26. The van der Waals surface area contributed by atoms with E-state index in [4.69, 9.17) is 14.2 Å². The fraction of sp³-hybridized carbons (Fsp3) is 0.500. The summed E-state index contributed by atoms with van der Waals surface area (Å²) in [6.45, 7) is 6.23. The number of carbonyl (C=O) groups excluding carboxylic acids is 1. The first kappa shape index (κ1) is 37.5. The number of hydrogen-bond acceptors (Lipinski definition) is 5. The highest BCUT2D eigenvalue weighted by Crippen LogP contribution is 2.53. The van der Waals surface area contributed by atoms with Gasteiger partial charge >= 0.3 is 12.4 Å². The number of piperidine rings is 1. The van der Waals surface area contributed by atoms with Crippen molar-refractivity contribution < 1.29 is 50.5 Å². The zero-order valence-electron chi connectivity index (χ0n) is 28.5. The number of halogens is 6. The summed E-state index contributed by atoms with van der Waals surface area (Å²) >= 11 is 0. The first-order valence-electron chi connectivity index (χ1n) is 16.9. The zero-order valence-corrected chi connectivity index (χ0v) is 28.5. The molecule has 4 atom stereocenters. The van der Waals surface area contributed by atoms with Gasteiger partial charge in [0.15, 0.2) is 6.23 Å². The molecule has 3 aromatic rings. The quantitative estimate of drug-likeness (QED) is 0.104. The van der Waals surface area contributed by atoms with E-state index in [2.05, 4.69) is 0 Å². The fourth-order valence-electron chi connectivity index (χ4n) is 7.30. The van der Waals surface area contributed by atoms with Gasteiger partial charge in [0.2, 0.25) is 5.91 Å². The van der Waals surface area contributed by atoms with Crippen LogP contribution in [0, 0.1) is 5.92 Å². The van der Waals surface area contributed by atoms with Gasteiger partial charge in [0.05, 0.1) is 19.1 Å². The molecule has 0 spiro atoms. The molecule has 1 N–H and O–H groups in total. The Morgan fingerprint density at radius 3 is 2.14 bits per heavy atom. The number of aryl methyl sites for hydroxylation is 1. The Morgan fingerprint density at radius 2 is 1.56 bits per heavy atom. The lowest BCUT2D eigenvalue weighted by Crippen LogP contribution is -2.57. The number of methoxy groups -OCH3 is 1. The van der Waals surface area contributed by atoms with Crippen LogP contribution >= 0.6 is 0 Å². The lowest BCUT2D eigenvalue weighted by molar-refractivity contribution is -0.376. The number of aliphatic hydroxyl groups is 1. The molecule has 272 valence electrons. The number of likely N-dealkylation sites (tertiary alicyclic amines) is 1. The molecule has 0 aromatic heterocycles. The molecule has 2 aliphatic rings. The Labute approximate surface area is 288 Å². The molecular weight excluding hydrogens is 664 g/mol. The van der Waals surface area contributed by atoms with E-state index in [0.29, 0.717) is 37.1 Å². The maximum atomic E-state index is 14.1. The van der Waals surface area contributed by atoms with Gasteiger partial charge < -0.3 is 24.2 Å². The monoisotopic (exact) mass is 707 g/mol. The normalized spacial score (nSPS) is 22.3. The summed E-state index contributed by atoms with van der Waals surface area (Å²) in [5.41, 5.74) is -5.41. The van der Waals surface area contributed by atoms with Gasteiger partial charge in [-0.2, -0.15) is 26.3 Å². The second-order valence-electron chi connectivity index (χ2n) is 13.2. The highest BCUT2D eigenvalue weighted by atomic mass is 19.4. The molecule has 2 aliphatic heterocycles. The van der Waals surface area contributed by atoms with E-state index < -0.39 is 28.9 Å². The van der Waals surface area contributed by atoms with Gasteiger partial charge in [0, 0.05) is 24.4 Å². The van der Waals surface area contributed by atoms with E-state index in [1.807, 2.05) is 38.1 Å². The van der Waals surface area contributed by atoms with Crippen LogP contribution in [0.2, 0.25) is 0 Å². The van der Waals surface area contributed by atoms with E-state index in [0.717, 1.165) is 24.1 Å². The number of alkyl halides is 6. The predicted molar refractivity (Wildman–Crippen MR) is 175 cm³/mol. The number of hydrogen-bond donors (Lipinski definition) is 1. The molecule has 0 aliphatic carbocycles. The fourth-order valence-corrected chi connectivity index (χ4v) is 7.30. The van der Waals surface area contributed by atoms with Gasteiger partial charge in [-0.3, -0.25) is 4.79 Å². The smallest absolute Gasteiger partial charge is 0.430 e. The Bertz CT molecular complexity index is 1610. The van der Waals surface area contributed by atoms with Gasteiger partial charge in [0.25, 0.3) is 5.60 Å². The SMILES string of the molecule is CCCc1cc(C(O)(C(F)(F)F)C(F)(F)F)cc(Cc2ccccc2)c1OCCCCN1C(=O)C(C)(c2ccc(OC)cc2)C(CC)C2OC21. The number of unbranched alkanes of at least 4 members (excludes halogenated alkanes) is 1. The second-order valence-corrected chi connectivity index (χ2v) is 13.2. The van der Waals surface area contributed by atoms with Crippen LogP contribution in [-0.4, -0.2) is 60.9 Å². The molecule has 0 saturated carbocycles. The van der Waals surface area contributed by atoms with Crippen molar-refractivity contribution in [2.45, 2.75) is 95.0 Å². The van der Waals surface area contributed by atoms with Crippen LogP contribution < -0.4 is 9.47 Å². The first-order valence-corrected chi connectivity index (χ1v) is 16.9. The van der Waals surface area contributed by atoms with Gasteiger partial charge in [0.1, 0.15) is 17.6 Å². The third-order valence-electron chi connectivity index (χ3n) is 10.1. The minimum absolute atomic E-state index is 0.0108. The van der Waals surface area contributed by atoms with Crippen molar-refractivity contribution in [2.75, 3.05) is 20.3 Å². The molecular formula is C38H43F6NO5. The van der Waals surface area contributed by atoms with E-state index in [9.17, 15) is 36.2 Å². The second kappa shape index (κ2) is 14.5. The third kappa shape index (κ3) is 6.93. The number of rotatable bonds is 14. The Balaban J connectivity index is 1.36. The van der Waals surface area contributed by atoms with Gasteiger partial charge in [-0.1, -0.05) is 62.7 Å². The van der Waals surface area contributed by atoms with Crippen molar-refractivity contribution in [1.82, 2.24) is 4.90 Å². The van der Waals surface area contributed by atoms with Crippen molar-refractivity contribution in [3.63, 3.8) is 0 Å². The average Bonchev–Trinajstić information content (AvgIpc) is 3.86. The van der Waals surface area contributed by atoms with Gasteiger partial charge in [-0.05, 0) is 79.1 Å². The maximum absolute atomic E-state index is 14.1. The number of fused-ring (bicyclic) bond motifs is 1. The molecule has 12 heteroatoms. The van der Waals surface area contributed by atoms with Crippen molar-refractivity contribution in [3.8, 4) is 11.5 Å². The van der Waals surface area contributed by atoms with Crippen LogP contribution in [0.4, 0.5) is 26.3 Å². The van der Waals surface area contributed by atoms with Crippen LogP contribution in [0.1, 0.15) is 74.3 Å². The number of carbonyl (C=O) groups is 1. The topological polar surface area (TPSA) is 71.5 Å². The molecule has 6 nitrogen and oxygen atoms in total. The molecule has 2 heterocycles. The molecule has 2 fully saturated rings. The average molecular weight is 708 g/mol. The number of amides is 1. The number of epoxide rings is 1. The van der Waals surface area contributed by atoms with E-state index in [1.54, 1.807) is 49.3 Å². The Morgan fingerprint density at radius 1 is 0.920 bits per heavy atom. The highest BCUT2D eigenvalue weighted by Gasteiger charge is 2.71. The van der Waals surface area contributed by atoms with E-state index in [1.165, 1.54) is 0 Å². The molecule has 2 saturated heterocycles. The van der Waals surface area contributed by atoms with Crippen LogP contribution in [0.25, 0.3) is 0 Å². The molecule has 0 bridgehead atoms. The van der Waals surface area contributed by atoms with Gasteiger partial charge in [-0.25, -0.2) is 0 Å². The Hall–Kier alpha value is -3.77. The molecule has 50 heavy (non-hydrogen) atoms. The molecule has 0 radical (unpaired) electrons. The highest BCUT2D eigenvalue weighted by molar-refractivity contribution is 5.90. The largest absolute Gasteiger partial charge is 0.497 e. The summed E-state index contributed by atoms with van der Waals surface area (Å²) < 4.78 is 101. The van der Waals surface area contributed by atoms with E-state index >= 15 is 0 Å². The lowest BCUT2D eigenvalue weighted by Gasteiger charge is -2.43. The minimum Gasteiger partial charge on any atom is -0.497 e. The van der Waals surface area contributed by atoms with Crippen LogP contribution in [-0.2, 0) is 33.4 Å². The lowest BCUT2D eigenvalue weighted by atomic mass is 9.66. The summed E-state index contributed by atoms with van der Waals surface area (Å²) in [7, 11) is 1.58. The van der Waals surface area contributed by atoms with Gasteiger partial charge in [-0.15, -0.1) is 0 Å². The third-order valence-corrected chi connectivity index (χ3v) is 10.1. The number of nitrogens with zero attached hydrogens (tertiary/aromatic N) is 1.